The van der Waals surface area contributed by atoms with Crippen LogP contribution in [-0.2, 0) is 6.54 Å². The van der Waals surface area contributed by atoms with Crippen LogP contribution < -0.4 is 4.74 Å². The van der Waals surface area contributed by atoms with Gasteiger partial charge in [0.2, 0.25) is 0 Å². The molecule has 0 aliphatic heterocycles. The van der Waals surface area contributed by atoms with E-state index in [2.05, 4.69) is 0 Å². The maximum atomic E-state index is 12.5. The summed E-state index contributed by atoms with van der Waals surface area (Å²) in [6.07, 6.45) is 1.44. The molecule has 1 aromatic carbocycles. The summed E-state index contributed by atoms with van der Waals surface area (Å²) in [5.74, 6) is 0.933. The fourth-order valence-electron chi connectivity index (χ4n) is 2.50. The minimum absolute atomic E-state index is 0.202. The summed E-state index contributed by atoms with van der Waals surface area (Å²) in [4.78, 5) is 25.6. The first-order chi connectivity index (χ1) is 10.5. The van der Waals surface area contributed by atoms with E-state index in [9.17, 15) is 9.59 Å². The number of halogens is 1. The highest BCUT2D eigenvalue weighted by atomic mass is 35.5. The van der Waals surface area contributed by atoms with E-state index in [0.29, 0.717) is 41.2 Å². The standard InChI is InChI=1S/C16H19ClN2O3/c1-18(2)16(21)15-13(10-20)12-9-11(22-3)5-6-14(12)19(15)8-4-7-17/h5-6,9-10H,4,7-8H2,1-3H3. The molecule has 0 bridgehead atoms. The lowest BCUT2D eigenvalue weighted by Gasteiger charge is -2.14. The van der Waals surface area contributed by atoms with Crippen LogP contribution in [0.2, 0.25) is 0 Å². The van der Waals surface area contributed by atoms with Crippen molar-refractivity contribution < 1.29 is 14.3 Å². The third-order valence-corrected chi connectivity index (χ3v) is 3.82. The van der Waals surface area contributed by atoms with Gasteiger partial charge in [-0.25, -0.2) is 0 Å². The number of hydrogen-bond donors (Lipinski definition) is 0. The van der Waals surface area contributed by atoms with Crippen molar-refractivity contribution in [3.8, 4) is 5.75 Å². The smallest absolute Gasteiger partial charge is 0.270 e. The SMILES string of the molecule is COc1ccc2c(c1)c(C=O)c(C(=O)N(C)C)n2CCCCl. The van der Waals surface area contributed by atoms with Crippen LogP contribution in [0.3, 0.4) is 0 Å². The van der Waals surface area contributed by atoms with E-state index in [4.69, 9.17) is 16.3 Å². The van der Waals surface area contributed by atoms with Crippen molar-refractivity contribution >= 4 is 34.7 Å². The Balaban J connectivity index is 2.77. The van der Waals surface area contributed by atoms with Crippen molar-refractivity contribution in [2.75, 3.05) is 27.1 Å². The average Bonchev–Trinajstić information content (AvgIpc) is 2.84. The third kappa shape index (κ3) is 2.81. The second kappa shape index (κ2) is 6.83. The Bertz CT molecular complexity index is 707. The fraction of sp³-hybridized carbons (Fsp3) is 0.375. The molecule has 6 heteroatoms. The van der Waals surface area contributed by atoms with Crippen LogP contribution in [0.1, 0.15) is 27.3 Å². The van der Waals surface area contributed by atoms with Crippen LogP contribution in [0, 0.1) is 0 Å². The van der Waals surface area contributed by atoms with Gasteiger partial charge < -0.3 is 14.2 Å². The van der Waals surface area contributed by atoms with Gasteiger partial charge in [-0.3, -0.25) is 9.59 Å². The van der Waals surface area contributed by atoms with Gasteiger partial charge in [0.1, 0.15) is 11.4 Å². The predicted molar refractivity (Wildman–Crippen MR) is 87.2 cm³/mol. The number of methoxy groups -OCH3 is 1. The van der Waals surface area contributed by atoms with Gasteiger partial charge in [0.15, 0.2) is 6.29 Å². The van der Waals surface area contributed by atoms with Crippen LogP contribution in [0.15, 0.2) is 18.2 Å². The Morgan fingerprint density at radius 2 is 2.14 bits per heavy atom. The summed E-state index contributed by atoms with van der Waals surface area (Å²) in [5.41, 5.74) is 1.62. The molecule has 22 heavy (non-hydrogen) atoms. The van der Waals surface area contributed by atoms with Crippen molar-refractivity contribution in [1.82, 2.24) is 9.47 Å². The number of carbonyl (C=O) groups is 2. The van der Waals surface area contributed by atoms with Crippen molar-refractivity contribution in [2.45, 2.75) is 13.0 Å². The fourth-order valence-corrected chi connectivity index (χ4v) is 2.62. The molecule has 0 atom stereocenters. The summed E-state index contributed by atoms with van der Waals surface area (Å²) in [7, 11) is 4.90. The maximum absolute atomic E-state index is 12.5. The minimum atomic E-state index is -0.202. The molecule has 0 aliphatic rings. The number of aromatic nitrogens is 1. The van der Waals surface area contributed by atoms with E-state index in [0.717, 1.165) is 11.8 Å². The van der Waals surface area contributed by atoms with Gasteiger partial charge in [-0.15, -0.1) is 11.6 Å². The number of fused-ring (bicyclic) bond motifs is 1. The molecule has 0 aliphatic carbocycles. The van der Waals surface area contributed by atoms with Gasteiger partial charge in [0.25, 0.3) is 5.91 Å². The zero-order valence-electron chi connectivity index (χ0n) is 12.9. The molecule has 0 radical (unpaired) electrons. The molecule has 0 unspecified atom stereocenters. The topological polar surface area (TPSA) is 51.5 Å². The highest BCUT2D eigenvalue weighted by Crippen LogP contribution is 2.29. The molecule has 1 aromatic heterocycles. The zero-order valence-corrected chi connectivity index (χ0v) is 13.7. The molecule has 0 N–H and O–H groups in total. The van der Waals surface area contributed by atoms with E-state index >= 15 is 0 Å². The molecule has 5 nitrogen and oxygen atoms in total. The molecular weight excluding hydrogens is 304 g/mol. The van der Waals surface area contributed by atoms with E-state index < -0.39 is 0 Å². The first kappa shape index (κ1) is 16.4. The monoisotopic (exact) mass is 322 g/mol. The van der Waals surface area contributed by atoms with Gasteiger partial charge in [-0.1, -0.05) is 0 Å². The number of hydrogen-bond acceptors (Lipinski definition) is 3. The summed E-state index contributed by atoms with van der Waals surface area (Å²) in [5, 5.41) is 0.717. The molecule has 118 valence electrons. The number of benzene rings is 1. The maximum Gasteiger partial charge on any atom is 0.270 e. The second-order valence-electron chi connectivity index (χ2n) is 5.16. The lowest BCUT2D eigenvalue weighted by atomic mass is 10.1. The molecular formula is C16H19ClN2O3. The molecule has 2 aromatic rings. The Labute approximate surface area is 134 Å². The number of alkyl halides is 1. The largest absolute Gasteiger partial charge is 0.497 e. The van der Waals surface area contributed by atoms with Crippen molar-refractivity contribution in [3.63, 3.8) is 0 Å². The zero-order chi connectivity index (χ0) is 16.3. The molecule has 2 rings (SSSR count). The summed E-state index contributed by atoms with van der Waals surface area (Å²) in [6, 6.07) is 5.46. The van der Waals surface area contributed by atoms with E-state index in [1.54, 1.807) is 27.3 Å². The van der Waals surface area contributed by atoms with E-state index in [1.807, 2.05) is 16.7 Å². The first-order valence-electron chi connectivity index (χ1n) is 6.98. The summed E-state index contributed by atoms with van der Waals surface area (Å²) >= 11 is 5.79. The van der Waals surface area contributed by atoms with Crippen LogP contribution in [-0.4, -0.2) is 48.7 Å². The van der Waals surface area contributed by atoms with Crippen LogP contribution in [0.25, 0.3) is 10.9 Å². The molecule has 1 heterocycles. The van der Waals surface area contributed by atoms with Gasteiger partial charge >= 0.3 is 0 Å². The second-order valence-corrected chi connectivity index (χ2v) is 5.53. The number of carbonyl (C=O) groups excluding carboxylic acids is 2. The third-order valence-electron chi connectivity index (χ3n) is 3.55. The number of nitrogens with zero attached hydrogens (tertiary/aromatic N) is 2. The highest BCUT2D eigenvalue weighted by Gasteiger charge is 2.23. The lowest BCUT2D eigenvalue weighted by molar-refractivity contribution is 0.0814. The lowest BCUT2D eigenvalue weighted by Crippen LogP contribution is -2.26. The van der Waals surface area contributed by atoms with E-state index in [-0.39, 0.29) is 5.91 Å². The van der Waals surface area contributed by atoms with Gasteiger partial charge in [0, 0.05) is 37.4 Å². The number of amides is 1. The molecule has 0 spiro atoms. The summed E-state index contributed by atoms with van der Waals surface area (Å²) in [6.45, 7) is 0.578. The average molecular weight is 323 g/mol. The Morgan fingerprint density at radius 1 is 1.41 bits per heavy atom. The van der Waals surface area contributed by atoms with Crippen molar-refractivity contribution in [3.05, 3.63) is 29.5 Å². The molecule has 0 saturated heterocycles. The summed E-state index contributed by atoms with van der Waals surface area (Å²) < 4.78 is 7.08. The number of aryl methyl sites for hydroxylation is 1. The normalized spacial score (nSPS) is 10.7. The van der Waals surface area contributed by atoms with Crippen LogP contribution >= 0.6 is 11.6 Å². The van der Waals surface area contributed by atoms with E-state index in [1.165, 1.54) is 4.90 Å². The highest BCUT2D eigenvalue weighted by molar-refractivity contribution is 6.17. The predicted octanol–water partition coefficient (Wildman–Crippen LogP) is 2.79. The minimum Gasteiger partial charge on any atom is -0.497 e. The molecule has 1 amide bonds. The molecule has 0 fully saturated rings. The number of rotatable bonds is 6. The Kier molecular flexibility index (Phi) is 5.08. The van der Waals surface area contributed by atoms with Crippen LogP contribution in [0.5, 0.6) is 5.75 Å². The van der Waals surface area contributed by atoms with Crippen molar-refractivity contribution in [2.24, 2.45) is 0 Å². The van der Waals surface area contributed by atoms with Crippen molar-refractivity contribution in [1.29, 1.82) is 0 Å². The number of ether oxygens (including phenoxy) is 1. The van der Waals surface area contributed by atoms with Gasteiger partial charge in [-0.05, 0) is 24.6 Å². The van der Waals surface area contributed by atoms with Gasteiger partial charge in [0.05, 0.1) is 12.7 Å². The number of aldehydes is 1. The first-order valence-corrected chi connectivity index (χ1v) is 7.51. The Morgan fingerprint density at radius 3 is 2.68 bits per heavy atom. The molecule has 0 saturated carbocycles. The quantitative estimate of drug-likeness (QED) is 0.607. The Hall–Kier alpha value is -2.01. The van der Waals surface area contributed by atoms with Crippen LogP contribution in [0.4, 0.5) is 0 Å². The van der Waals surface area contributed by atoms with Gasteiger partial charge in [-0.2, -0.15) is 0 Å².